The third kappa shape index (κ3) is 44.7. The Morgan fingerprint density at radius 2 is 0.879 bits per heavy atom. The van der Waals surface area contributed by atoms with Crippen molar-refractivity contribution in [2.24, 2.45) is 0 Å². The number of ether oxygens (including phenoxy) is 2. The summed E-state index contributed by atoms with van der Waals surface area (Å²) in [4.78, 5) is 22.7. The molecule has 346 valence electrons. The molecule has 0 aromatic rings. The Bertz CT molecular complexity index is 918. The summed E-state index contributed by atoms with van der Waals surface area (Å²) in [5.41, 5.74) is 0. The minimum absolute atomic E-state index is 0.0539. The van der Waals surface area contributed by atoms with E-state index >= 15 is 0 Å². The van der Waals surface area contributed by atoms with E-state index in [2.05, 4.69) is 26.0 Å². The largest absolute Gasteiger partial charge is 0.472 e. The summed E-state index contributed by atoms with van der Waals surface area (Å²) >= 11 is 0. The van der Waals surface area contributed by atoms with E-state index in [1.807, 2.05) is 0 Å². The van der Waals surface area contributed by atoms with Gasteiger partial charge in [0.15, 0.2) is 0 Å². The highest BCUT2D eigenvalue weighted by Crippen LogP contribution is 2.43. The summed E-state index contributed by atoms with van der Waals surface area (Å²) in [6, 6.07) is 0. The first-order valence-corrected chi connectivity index (χ1v) is 26.2. The maximum atomic E-state index is 12.7. The number of esters is 1. The second-order valence-corrected chi connectivity index (χ2v) is 18.3. The van der Waals surface area contributed by atoms with E-state index in [1.54, 1.807) is 0 Å². The summed E-state index contributed by atoms with van der Waals surface area (Å²) in [6.07, 6.45) is 47.4. The molecular formula is C48H95O9P. The highest BCUT2D eigenvalue weighted by molar-refractivity contribution is 7.47. The average Bonchev–Trinajstić information content (AvgIpc) is 3.21. The van der Waals surface area contributed by atoms with Gasteiger partial charge in [-0.2, -0.15) is 0 Å². The van der Waals surface area contributed by atoms with Crippen LogP contribution in [0.2, 0.25) is 0 Å². The number of hydrogen-bond acceptors (Lipinski definition) is 8. The van der Waals surface area contributed by atoms with Crippen molar-refractivity contribution in [2.75, 3.05) is 33.0 Å². The van der Waals surface area contributed by atoms with Crippen molar-refractivity contribution in [3.05, 3.63) is 12.2 Å². The quantitative estimate of drug-likeness (QED) is 0.0237. The predicted octanol–water partition coefficient (Wildman–Crippen LogP) is 14.0. The molecule has 0 aromatic heterocycles. The van der Waals surface area contributed by atoms with Crippen LogP contribution in [0.25, 0.3) is 0 Å². The van der Waals surface area contributed by atoms with Gasteiger partial charge in [-0.1, -0.05) is 212 Å². The lowest BCUT2D eigenvalue weighted by molar-refractivity contribution is -0.154. The Hall–Kier alpha value is -0.800. The summed E-state index contributed by atoms with van der Waals surface area (Å²) in [5, 5.41) is 18.4. The molecule has 3 N–H and O–H groups in total. The van der Waals surface area contributed by atoms with Crippen LogP contribution in [0.5, 0.6) is 0 Å². The number of aliphatic hydroxyl groups excluding tert-OH is 2. The Kier molecular flexibility index (Phi) is 45.1. The van der Waals surface area contributed by atoms with Gasteiger partial charge in [-0.3, -0.25) is 13.8 Å². The maximum Gasteiger partial charge on any atom is 0.472 e. The molecule has 0 aliphatic carbocycles. The number of rotatable bonds is 48. The van der Waals surface area contributed by atoms with E-state index in [-0.39, 0.29) is 25.6 Å². The van der Waals surface area contributed by atoms with Gasteiger partial charge >= 0.3 is 13.8 Å². The van der Waals surface area contributed by atoms with Gasteiger partial charge in [0.25, 0.3) is 0 Å². The number of phosphoric ester groups is 1. The number of unbranched alkanes of at least 4 members (excludes halogenated alkanes) is 32. The predicted molar refractivity (Wildman–Crippen MR) is 242 cm³/mol. The average molecular weight is 847 g/mol. The number of allylic oxidation sites excluding steroid dienone is 2. The third-order valence-corrected chi connectivity index (χ3v) is 11.9. The summed E-state index contributed by atoms with van der Waals surface area (Å²) in [5.74, 6) is -0.381. The topological polar surface area (TPSA) is 132 Å². The Morgan fingerprint density at radius 3 is 1.29 bits per heavy atom. The number of carbonyl (C=O) groups excluding carboxylic acids is 1. The smallest absolute Gasteiger partial charge is 0.457 e. The van der Waals surface area contributed by atoms with Crippen molar-refractivity contribution in [3.8, 4) is 0 Å². The SMILES string of the molecule is CCCCCCCCC/C=C\CCCCCCCCCC(=O)OC(COCCCCCCCCCCCCCCCCCCCCC)COP(=O)(O)OCC(O)CO. The molecule has 0 bridgehead atoms. The standard InChI is InChI=1S/C48H95O9P/c1-3-5-7-9-11-13-15-17-19-21-23-25-27-29-31-33-35-37-39-41-54-44-47(45-56-58(52,53)55-43-46(50)42-49)57-48(51)40-38-36-34-32-30-28-26-24-22-20-18-16-14-12-10-8-6-4-2/h20,22,46-47,49-50H,3-19,21,23-45H2,1-2H3,(H,52,53)/b22-20-. The fraction of sp³-hybridized carbons (Fsp3) is 0.938. The lowest BCUT2D eigenvalue weighted by Gasteiger charge is -2.20. The molecule has 0 saturated heterocycles. The summed E-state index contributed by atoms with van der Waals surface area (Å²) < 4.78 is 33.5. The molecule has 10 heteroatoms. The molecule has 3 atom stereocenters. The number of carbonyl (C=O) groups is 1. The van der Waals surface area contributed by atoms with E-state index in [0.717, 1.165) is 38.5 Å². The fourth-order valence-corrected chi connectivity index (χ4v) is 7.97. The second kappa shape index (κ2) is 45.7. The van der Waals surface area contributed by atoms with Crippen molar-refractivity contribution < 1.29 is 43.0 Å². The molecule has 0 radical (unpaired) electrons. The molecule has 0 saturated carbocycles. The molecule has 58 heavy (non-hydrogen) atoms. The maximum absolute atomic E-state index is 12.7. The van der Waals surface area contributed by atoms with E-state index in [9.17, 15) is 19.4 Å². The second-order valence-electron chi connectivity index (χ2n) is 16.8. The first-order valence-electron chi connectivity index (χ1n) is 24.7. The Morgan fingerprint density at radius 1 is 0.517 bits per heavy atom. The van der Waals surface area contributed by atoms with Crippen LogP contribution < -0.4 is 0 Å². The van der Waals surface area contributed by atoms with Gasteiger partial charge < -0.3 is 24.6 Å². The minimum Gasteiger partial charge on any atom is -0.457 e. The van der Waals surface area contributed by atoms with Gasteiger partial charge in [0.2, 0.25) is 0 Å². The van der Waals surface area contributed by atoms with Crippen molar-refractivity contribution in [1.29, 1.82) is 0 Å². The Labute approximate surface area is 358 Å². The molecule has 0 amide bonds. The van der Waals surface area contributed by atoms with Crippen LogP contribution in [0.15, 0.2) is 12.2 Å². The van der Waals surface area contributed by atoms with Crippen molar-refractivity contribution in [1.82, 2.24) is 0 Å². The number of phosphoric acid groups is 1. The summed E-state index contributed by atoms with van der Waals surface area (Å²) in [7, 11) is -4.52. The molecular weight excluding hydrogens is 751 g/mol. The number of aliphatic hydroxyl groups is 2. The first kappa shape index (κ1) is 57.2. The summed E-state index contributed by atoms with van der Waals surface area (Å²) in [6.45, 7) is 3.57. The van der Waals surface area contributed by atoms with Gasteiger partial charge in [0, 0.05) is 13.0 Å². The van der Waals surface area contributed by atoms with Gasteiger partial charge in [-0.25, -0.2) is 4.57 Å². The van der Waals surface area contributed by atoms with Crippen LogP contribution >= 0.6 is 7.82 Å². The zero-order valence-electron chi connectivity index (χ0n) is 38.0. The van der Waals surface area contributed by atoms with Gasteiger partial charge in [0.1, 0.15) is 12.2 Å². The first-order chi connectivity index (χ1) is 28.3. The molecule has 0 aromatic carbocycles. The van der Waals surface area contributed by atoms with Crippen LogP contribution in [0.4, 0.5) is 0 Å². The molecule has 0 aliphatic rings. The highest BCUT2D eigenvalue weighted by Gasteiger charge is 2.26. The van der Waals surface area contributed by atoms with E-state index < -0.39 is 33.2 Å². The molecule has 9 nitrogen and oxygen atoms in total. The molecule has 0 heterocycles. The van der Waals surface area contributed by atoms with Gasteiger partial charge in [-0.15, -0.1) is 0 Å². The third-order valence-electron chi connectivity index (χ3n) is 11.0. The van der Waals surface area contributed by atoms with Crippen molar-refractivity contribution in [2.45, 2.75) is 257 Å². The monoisotopic (exact) mass is 847 g/mol. The fourth-order valence-electron chi connectivity index (χ4n) is 7.18. The minimum atomic E-state index is -4.52. The van der Waals surface area contributed by atoms with Crippen LogP contribution in [0.3, 0.4) is 0 Å². The van der Waals surface area contributed by atoms with E-state index in [4.69, 9.17) is 23.6 Å². The van der Waals surface area contributed by atoms with Crippen molar-refractivity contribution in [3.63, 3.8) is 0 Å². The number of hydrogen-bond donors (Lipinski definition) is 3. The zero-order chi connectivity index (χ0) is 42.5. The molecule has 0 fully saturated rings. The van der Waals surface area contributed by atoms with E-state index in [1.165, 1.54) is 186 Å². The zero-order valence-corrected chi connectivity index (χ0v) is 38.9. The molecule has 3 unspecified atom stereocenters. The molecule has 0 spiro atoms. The van der Waals surface area contributed by atoms with Crippen LogP contribution in [0, 0.1) is 0 Å². The van der Waals surface area contributed by atoms with Gasteiger partial charge in [0.05, 0.1) is 26.4 Å². The van der Waals surface area contributed by atoms with Gasteiger partial charge in [-0.05, 0) is 38.5 Å². The normalized spacial score (nSPS) is 13.9. The molecule has 0 aliphatic heterocycles. The van der Waals surface area contributed by atoms with Crippen molar-refractivity contribution >= 4 is 13.8 Å². The molecule has 0 rings (SSSR count). The van der Waals surface area contributed by atoms with Crippen LogP contribution in [0.1, 0.15) is 245 Å². The van der Waals surface area contributed by atoms with E-state index in [0.29, 0.717) is 6.61 Å². The van der Waals surface area contributed by atoms with Crippen LogP contribution in [-0.2, 0) is 27.9 Å². The lowest BCUT2D eigenvalue weighted by atomic mass is 10.0. The Balaban J connectivity index is 4.07. The highest BCUT2D eigenvalue weighted by atomic mass is 31.2. The lowest BCUT2D eigenvalue weighted by Crippen LogP contribution is -2.29. The van der Waals surface area contributed by atoms with Crippen LogP contribution in [-0.4, -0.2) is 66.3 Å².